The van der Waals surface area contributed by atoms with Gasteiger partial charge < -0.3 is 9.73 Å². The Morgan fingerprint density at radius 1 is 1.04 bits per heavy atom. The number of nitrogens with one attached hydrogen (secondary N) is 1. The number of Topliss-reactive ketones (excluding diaryl/α,β-unsaturated/α-hetero) is 1. The summed E-state index contributed by atoms with van der Waals surface area (Å²) in [5, 5.41) is 5.34. The van der Waals surface area contributed by atoms with E-state index in [1.807, 2.05) is 54.6 Å². The zero-order chi connectivity index (χ0) is 15.8. The fraction of sp³-hybridized carbons (Fsp3) is 0.0526. The molecule has 2 aromatic heterocycles. The lowest BCUT2D eigenvalue weighted by Crippen LogP contribution is -1.97. The Hall–Kier alpha value is -3.14. The van der Waals surface area contributed by atoms with E-state index in [1.165, 1.54) is 0 Å². The minimum absolute atomic E-state index is 0.0432. The zero-order valence-corrected chi connectivity index (χ0v) is 12.5. The highest BCUT2D eigenvalue weighted by atomic mass is 16.3. The van der Waals surface area contributed by atoms with Crippen LogP contribution < -0.4 is 5.32 Å². The molecule has 0 bridgehead atoms. The van der Waals surface area contributed by atoms with E-state index >= 15 is 0 Å². The number of hydrogen-bond acceptors (Lipinski definition) is 4. The van der Waals surface area contributed by atoms with Crippen molar-refractivity contribution < 1.29 is 9.21 Å². The Labute approximate surface area is 132 Å². The Bertz CT molecular complexity index is 1030. The second kappa shape index (κ2) is 5.25. The summed E-state index contributed by atoms with van der Waals surface area (Å²) >= 11 is 0. The van der Waals surface area contributed by atoms with Crippen molar-refractivity contribution in [2.24, 2.45) is 0 Å². The van der Waals surface area contributed by atoms with Crippen LogP contribution in [0.15, 0.2) is 65.3 Å². The highest BCUT2D eigenvalue weighted by Crippen LogP contribution is 2.33. The predicted molar refractivity (Wildman–Crippen MR) is 91.2 cm³/mol. The maximum atomic E-state index is 11.6. The summed E-state index contributed by atoms with van der Waals surface area (Å²) in [7, 11) is 0. The smallest absolute Gasteiger partial charge is 0.228 e. The molecule has 4 rings (SSSR count). The molecule has 23 heavy (non-hydrogen) atoms. The molecule has 0 aliphatic heterocycles. The van der Waals surface area contributed by atoms with Crippen molar-refractivity contribution in [1.29, 1.82) is 0 Å². The third-order valence-electron chi connectivity index (χ3n) is 3.85. The number of benzene rings is 2. The highest BCUT2D eigenvalue weighted by Gasteiger charge is 2.11. The average Bonchev–Trinajstić information content (AvgIpc) is 3.03. The molecule has 0 spiro atoms. The van der Waals surface area contributed by atoms with Crippen LogP contribution in [-0.4, -0.2) is 10.8 Å². The number of carbonyl (C=O) groups is 1. The van der Waals surface area contributed by atoms with E-state index in [1.54, 1.807) is 13.2 Å². The van der Waals surface area contributed by atoms with Gasteiger partial charge in [-0.15, -0.1) is 0 Å². The molecule has 0 atom stereocenters. The van der Waals surface area contributed by atoms with E-state index < -0.39 is 0 Å². The molecular weight excluding hydrogens is 288 g/mol. The van der Waals surface area contributed by atoms with E-state index in [-0.39, 0.29) is 5.78 Å². The van der Waals surface area contributed by atoms with Crippen LogP contribution >= 0.6 is 0 Å². The maximum absolute atomic E-state index is 11.6. The summed E-state index contributed by atoms with van der Waals surface area (Å²) in [5.41, 5.74) is 3.92. The van der Waals surface area contributed by atoms with Crippen molar-refractivity contribution in [2.75, 3.05) is 5.32 Å². The van der Waals surface area contributed by atoms with Crippen LogP contribution in [0.4, 0.5) is 11.4 Å². The number of rotatable bonds is 3. The molecule has 4 heteroatoms. The Morgan fingerprint density at radius 3 is 2.78 bits per heavy atom. The van der Waals surface area contributed by atoms with E-state index in [0.717, 1.165) is 27.7 Å². The van der Waals surface area contributed by atoms with E-state index in [2.05, 4.69) is 10.3 Å². The maximum Gasteiger partial charge on any atom is 0.228 e. The van der Waals surface area contributed by atoms with E-state index in [4.69, 9.17) is 4.42 Å². The van der Waals surface area contributed by atoms with Crippen molar-refractivity contribution in [2.45, 2.75) is 6.92 Å². The molecule has 1 N–H and O–H groups in total. The van der Waals surface area contributed by atoms with Gasteiger partial charge in [0.05, 0.1) is 22.9 Å². The van der Waals surface area contributed by atoms with Gasteiger partial charge >= 0.3 is 0 Å². The largest absolute Gasteiger partial charge is 0.446 e. The topological polar surface area (TPSA) is 55.1 Å². The predicted octanol–water partition coefficient (Wildman–Crippen LogP) is 4.93. The fourth-order valence-electron chi connectivity index (χ4n) is 2.71. The molecule has 112 valence electrons. The zero-order valence-electron chi connectivity index (χ0n) is 12.5. The van der Waals surface area contributed by atoms with Crippen LogP contribution in [0.1, 0.15) is 17.3 Å². The molecule has 0 saturated heterocycles. The molecule has 0 fully saturated rings. The first-order chi connectivity index (χ1) is 11.2. The molecule has 2 aromatic carbocycles. The highest BCUT2D eigenvalue weighted by molar-refractivity contribution is 6.07. The molecule has 0 unspecified atom stereocenters. The molecule has 0 saturated carbocycles. The first kappa shape index (κ1) is 13.5. The summed E-state index contributed by atoms with van der Waals surface area (Å²) < 4.78 is 5.46. The summed E-state index contributed by atoms with van der Waals surface area (Å²) in [6.07, 6.45) is 1.63. The van der Waals surface area contributed by atoms with Crippen LogP contribution in [0.25, 0.3) is 22.0 Å². The number of fused-ring (bicyclic) bond motifs is 2. The number of furan rings is 1. The van der Waals surface area contributed by atoms with Crippen molar-refractivity contribution in [3.05, 3.63) is 66.4 Å². The summed E-state index contributed by atoms with van der Waals surface area (Å²) in [6, 6.07) is 17.3. The number of para-hydroxylation sites is 1. The Balaban J connectivity index is 1.91. The average molecular weight is 302 g/mol. The number of nitrogens with zero attached hydrogens (tertiary/aromatic N) is 1. The van der Waals surface area contributed by atoms with Crippen LogP contribution in [0.3, 0.4) is 0 Å². The summed E-state index contributed by atoms with van der Waals surface area (Å²) in [4.78, 5) is 16.1. The van der Waals surface area contributed by atoms with Gasteiger partial charge in [-0.1, -0.05) is 30.3 Å². The van der Waals surface area contributed by atoms with Crippen molar-refractivity contribution in [3.63, 3.8) is 0 Å². The number of anilines is 2. The van der Waals surface area contributed by atoms with Gasteiger partial charge in [0.15, 0.2) is 5.78 Å². The third-order valence-corrected chi connectivity index (χ3v) is 3.85. The lowest BCUT2D eigenvalue weighted by Gasteiger charge is -2.11. The number of carbonyl (C=O) groups excluding carboxylic acids is 1. The van der Waals surface area contributed by atoms with Crippen LogP contribution in [0, 0.1) is 0 Å². The van der Waals surface area contributed by atoms with E-state index in [0.29, 0.717) is 11.3 Å². The molecule has 0 aliphatic carbocycles. The molecule has 0 amide bonds. The van der Waals surface area contributed by atoms with E-state index in [9.17, 15) is 4.79 Å². The number of pyridine rings is 1. The Morgan fingerprint density at radius 2 is 1.91 bits per heavy atom. The van der Waals surface area contributed by atoms with Gasteiger partial charge in [0.25, 0.3) is 0 Å². The molecular formula is C19H14N2O2. The van der Waals surface area contributed by atoms with Crippen LogP contribution in [0.2, 0.25) is 0 Å². The van der Waals surface area contributed by atoms with Gasteiger partial charge in [0, 0.05) is 16.6 Å². The third kappa shape index (κ3) is 2.34. The standard InChI is InChI=1S/C19H14N2O2/c1-12(22)13-5-4-6-14(11-13)20-18-15-7-2-3-8-17(15)21-19-16(18)9-10-23-19/h2-11H,1H3,(H,20,21). The number of aromatic nitrogens is 1. The van der Waals surface area contributed by atoms with Gasteiger partial charge in [0.1, 0.15) is 0 Å². The lowest BCUT2D eigenvalue weighted by atomic mass is 10.1. The summed E-state index contributed by atoms with van der Waals surface area (Å²) in [6.45, 7) is 1.56. The first-order valence-electron chi connectivity index (χ1n) is 7.36. The van der Waals surface area contributed by atoms with Crippen molar-refractivity contribution in [3.8, 4) is 0 Å². The van der Waals surface area contributed by atoms with Gasteiger partial charge in [-0.3, -0.25) is 4.79 Å². The molecule has 4 nitrogen and oxygen atoms in total. The number of hydrogen-bond donors (Lipinski definition) is 1. The molecule has 2 heterocycles. The second-order valence-corrected chi connectivity index (χ2v) is 5.41. The summed E-state index contributed by atoms with van der Waals surface area (Å²) in [5.74, 6) is 0.0432. The Kier molecular flexibility index (Phi) is 3.08. The normalized spacial score (nSPS) is 11.0. The molecule has 0 radical (unpaired) electrons. The van der Waals surface area contributed by atoms with Gasteiger partial charge in [-0.25, -0.2) is 4.98 Å². The number of ketones is 1. The minimum Gasteiger partial charge on any atom is -0.446 e. The van der Waals surface area contributed by atoms with Crippen molar-refractivity contribution >= 4 is 39.2 Å². The van der Waals surface area contributed by atoms with Gasteiger partial charge in [-0.05, 0) is 31.2 Å². The van der Waals surface area contributed by atoms with Gasteiger partial charge in [0.2, 0.25) is 5.71 Å². The quantitative estimate of drug-likeness (QED) is 0.545. The first-order valence-corrected chi connectivity index (χ1v) is 7.36. The van der Waals surface area contributed by atoms with Crippen LogP contribution in [-0.2, 0) is 0 Å². The fourth-order valence-corrected chi connectivity index (χ4v) is 2.71. The van der Waals surface area contributed by atoms with Crippen molar-refractivity contribution in [1.82, 2.24) is 4.98 Å². The van der Waals surface area contributed by atoms with Gasteiger partial charge in [-0.2, -0.15) is 0 Å². The lowest BCUT2D eigenvalue weighted by molar-refractivity contribution is 0.101. The minimum atomic E-state index is 0.0432. The second-order valence-electron chi connectivity index (χ2n) is 5.41. The SMILES string of the molecule is CC(=O)c1cccc(Nc2c3ccccc3nc3occc23)c1. The molecule has 0 aliphatic rings. The van der Waals surface area contributed by atoms with Crippen LogP contribution in [0.5, 0.6) is 0 Å². The molecule has 4 aromatic rings. The monoisotopic (exact) mass is 302 g/mol.